The van der Waals surface area contributed by atoms with E-state index >= 15 is 0 Å². The van der Waals surface area contributed by atoms with Gasteiger partial charge in [0, 0.05) is 32.1 Å². The summed E-state index contributed by atoms with van der Waals surface area (Å²) in [6, 6.07) is 17.5. The molecule has 6 nitrogen and oxygen atoms in total. The first-order chi connectivity index (χ1) is 14.1. The molecule has 1 aromatic heterocycles. The van der Waals surface area contributed by atoms with E-state index in [0.717, 1.165) is 36.2 Å². The number of fused-ring (bicyclic) bond motifs is 2. The molecule has 1 aliphatic heterocycles. The topological polar surface area (TPSA) is 67.2 Å². The van der Waals surface area contributed by atoms with Gasteiger partial charge in [0.1, 0.15) is 5.82 Å². The van der Waals surface area contributed by atoms with Crippen molar-refractivity contribution in [3.05, 3.63) is 76.3 Å². The molecular weight excluding hydrogens is 364 g/mol. The van der Waals surface area contributed by atoms with Crippen LogP contribution < -0.4 is 10.9 Å². The maximum Gasteiger partial charge on any atom is 0.318 e. The van der Waals surface area contributed by atoms with Crippen LogP contribution in [0.5, 0.6) is 0 Å². The maximum atomic E-state index is 13.0. The van der Waals surface area contributed by atoms with Gasteiger partial charge in [0.15, 0.2) is 0 Å². The smallest absolute Gasteiger partial charge is 0.318 e. The molecule has 0 saturated heterocycles. The van der Waals surface area contributed by atoms with E-state index in [1.165, 1.54) is 0 Å². The van der Waals surface area contributed by atoms with Gasteiger partial charge < -0.3 is 10.2 Å². The molecular formula is C23H26N4O2. The lowest BCUT2D eigenvalue weighted by Gasteiger charge is -2.29. The summed E-state index contributed by atoms with van der Waals surface area (Å²) in [4.78, 5) is 32.5. The second-order valence-electron chi connectivity index (χ2n) is 7.59. The van der Waals surface area contributed by atoms with Crippen LogP contribution in [-0.2, 0) is 19.5 Å². The Bertz CT molecular complexity index is 1060. The van der Waals surface area contributed by atoms with Crippen LogP contribution in [0.25, 0.3) is 10.9 Å². The number of nitrogens with one attached hydrogen (secondary N) is 1. The minimum absolute atomic E-state index is 0.0340. The average molecular weight is 390 g/mol. The Morgan fingerprint density at radius 2 is 1.83 bits per heavy atom. The zero-order valence-corrected chi connectivity index (χ0v) is 16.7. The molecule has 2 aromatic carbocycles. The summed E-state index contributed by atoms with van der Waals surface area (Å²) in [6.07, 6.45) is 2.44. The van der Waals surface area contributed by atoms with Crippen LogP contribution in [0.15, 0.2) is 59.4 Å². The van der Waals surface area contributed by atoms with Crippen LogP contribution in [0.4, 0.5) is 4.79 Å². The van der Waals surface area contributed by atoms with Crippen LogP contribution in [0, 0.1) is 0 Å². The number of nitrogens with zero attached hydrogens (tertiary/aromatic N) is 3. The fraction of sp³-hybridized carbons (Fsp3) is 0.348. The van der Waals surface area contributed by atoms with E-state index in [4.69, 9.17) is 4.98 Å². The molecule has 1 aliphatic rings. The van der Waals surface area contributed by atoms with Crippen molar-refractivity contribution >= 4 is 16.9 Å². The van der Waals surface area contributed by atoms with Gasteiger partial charge in [-0.25, -0.2) is 9.78 Å². The number of carbonyl (C=O) groups is 1. The molecule has 0 saturated carbocycles. The first-order valence-corrected chi connectivity index (χ1v) is 10.2. The van der Waals surface area contributed by atoms with E-state index in [9.17, 15) is 9.59 Å². The molecule has 0 aliphatic carbocycles. The monoisotopic (exact) mass is 390 g/mol. The van der Waals surface area contributed by atoms with Gasteiger partial charge in [-0.3, -0.25) is 9.36 Å². The summed E-state index contributed by atoms with van der Waals surface area (Å²) < 4.78 is 1.72. The molecule has 0 radical (unpaired) electrons. The summed E-state index contributed by atoms with van der Waals surface area (Å²) >= 11 is 0. The molecule has 1 atom stereocenters. The van der Waals surface area contributed by atoms with E-state index in [2.05, 4.69) is 12.2 Å². The van der Waals surface area contributed by atoms with Crippen molar-refractivity contribution in [3.8, 4) is 0 Å². The normalized spacial score (nSPS) is 18.0. The lowest BCUT2D eigenvalue weighted by atomic mass is 10.1. The Morgan fingerprint density at radius 3 is 2.66 bits per heavy atom. The van der Waals surface area contributed by atoms with Crippen molar-refractivity contribution in [1.29, 1.82) is 0 Å². The molecule has 0 unspecified atom stereocenters. The number of amides is 2. The van der Waals surface area contributed by atoms with E-state index in [1.54, 1.807) is 4.57 Å². The minimum Gasteiger partial charge on any atom is -0.336 e. The van der Waals surface area contributed by atoms with Crippen molar-refractivity contribution in [2.75, 3.05) is 6.54 Å². The third kappa shape index (κ3) is 4.16. The van der Waals surface area contributed by atoms with Crippen molar-refractivity contribution in [1.82, 2.24) is 19.8 Å². The predicted octanol–water partition coefficient (Wildman–Crippen LogP) is 3.33. The Hall–Kier alpha value is -3.15. The highest BCUT2D eigenvalue weighted by atomic mass is 16.2. The largest absolute Gasteiger partial charge is 0.336 e. The van der Waals surface area contributed by atoms with E-state index in [1.807, 2.05) is 59.5 Å². The number of aromatic nitrogens is 2. The molecule has 150 valence electrons. The lowest BCUT2D eigenvalue weighted by molar-refractivity contribution is 0.171. The van der Waals surface area contributed by atoms with E-state index < -0.39 is 0 Å². The van der Waals surface area contributed by atoms with Crippen LogP contribution in [0.2, 0.25) is 0 Å². The summed E-state index contributed by atoms with van der Waals surface area (Å²) in [6.45, 7) is 3.47. The number of hydrogen-bond acceptors (Lipinski definition) is 3. The van der Waals surface area contributed by atoms with Gasteiger partial charge in [0.25, 0.3) is 5.56 Å². The molecule has 29 heavy (non-hydrogen) atoms. The summed E-state index contributed by atoms with van der Waals surface area (Å²) in [5.74, 6) is 0.798. The lowest BCUT2D eigenvalue weighted by Crippen LogP contribution is -2.45. The van der Waals surface area contributed by atoms with Crippen molar-refractivity contribution in [2.24, 2.45) is 0 Å². The van der Waals surface area contributed by atoms with Crippen molar-refractivity contribution < 1.29 is 4.79 Å². The Kier molecular flexibility index (Phi) is 5.60. The first kappa shape index (κ1) is 19.2. The van der Waals surface area contributed by atoms with Crippen molar-refractivity contribution in [2.45, 2.75) is 45.3 Å². The van der Waals surface area contributed by atoms with Crippen LogP contribution in [0.1, 0.15) is 31.2 Å². The van der Waals surface area contributed by atoms with Crippen molar-refractivity contribution in [3.63, 3.8) is 0 Å². The fourth-order valence-electron chi connectivity index (χ4n) is 3.93. The third-order valence-corrected chi connectivity index (χ3v) is 5.56. The summed E-state index contributed by atoms with van der Waals surface area (Å²) in [5.41, 5.74) is 1.81. The molecule has 0 spiro atoms. The SMILES string of the molecule is C[C@H]1CCCc2nc3ccccc3c(=O)n2CCNC(=O)N1Cc1ccccc1. The summed E-state index contributed by atoms with van der Waals surface area (Å²) in [7, 11) is 0. The van der Waals surface area contributed by atoms with E-state index in [-0.39, 0.29) is 17.6 Å². The van der Waals surface area contributed by atoms with Gasteiger partial charge in [-0.15, -0.1) is 0 Å². The van der Waals surface area contributed by atoms with Crippen LogP contribution in [0.3, 0.4) is 0 Å². The second kappa shape index (κ2) is 8.47. The van der Waals surface area contributed by atoms with Crippen LogP contribution >= 0.6 is 0 Å². The third-order valence-electron chi connectivity index (χ3n) is 5.56. The first-order valence-electron chi connectivity index (χ1n) is 10.2. The summed E-state index contributed by atoms with van der Waals surface area (Å²) in [5, 5.41) is 3.62. The van der Waals surface area contributed by atoms with Gasteiger partial charge in [0.2, 0.25) is 0 Å². The number of carbonyl (C=O) groups excluding carboxylic acids is 1. The molecule has 2 amide bonds. The number of aryl methyl sites for hydroxylation is 1. The number of para-hydroxylation sites is 1. The number of hydrogen-bond donors (Lipinski definition) is 1. The van der Waals surface area contributed by atoms with E-state index in [0.29, 0.717) is 25.0 Å². The number of benzene rings is 2. The Morgan fingerprint density at radius 1 is 1.07 bits per heavy atom. The molecule has 4 rings (SSSR count). The minimum atomic E-state index is -0.0911. The van der Waals surface area contributed by atoms with Gasteiger partial charge >= 0.3 is 6.03 Å². The Labute approximate surface area is 170 Å². The van der Waals surface area contributed by atoms with Gasteiger partial charge in [-0.1, -0.05) is 42.5 Å². The second-order valence-corrected chi connectivity index (χ2v) is 7.59. The van der Waals surface area contributed by atoms with Gasteiger partial charge in [-0.2, -0.15) is 0 Å². The molecule has 2 heterocycles. The predicted molar refractivity (Wildman–Crippen MR) is 114 cm³/mol. The molecule has 0 bridgehead atoms. The molecule has 0 fully saturated rings. The zero-order valence-electron chi connectivity index (χ0n) is 16.7. The number of rotatable bonds is 2. The fourth-order valence-corrected chi connectivity index (χ4v) is 3.93. The molecule has 6 heteroatoms. The number of urea groups is 1. The van der Waals surface area contributed by atoms with Gasteiger partial charge in [-0.05, 0) is 37.5 Å². The van der Waals surface area contributed by atoms with Gasteiger partial charge in [0.05, 0.1) is 10.9 Å². The van der Waals surface area contributed by atoms with Crippen LogP contribution in [-0.4, -0.2) is 33.1 Å². The quantitative estimate of drug-likeness (QED) is 0.730. The molecule has 3 aromatic rings. The highest BCUT2D eigenvalue weighted by molar-refractivity contribution is 5.77. The highest BCUT2D eigenvalue weighted by Gasteiger charge is 2.22. The highest BCUT2D eigenvalue weighted by Crippen LogP contribution is 2.16. The average Bonchev–Trinajstić information content (AvgIpc) is 2.76. The molecule has 1 N–H and O–H groups in total. The standard InChI is InChI=1S/C23H26N4O2/c1-17-8-7-13-21-25-20-12-6-5-11-19(20)22(28)26(21)15-14-24-23(29)27(17)16-18-9-3-2-4-10-18/h2-6,9-12,17H,7-8,13-16H2,1H3,(H,24,29)/t17-/m0/s1. The maximum absolute atomic E-state index is 13.0. The Balaban J connectivity index is 1.60. The zero-order chi connectivity index (χ0) is 20.2.